The Balaban J connectivity index is 1.67. The van der Waals surface area contributed by atoms with Crippen molar-refractivity contribution in [2.24, 2.45) is 5.73 Å². The van der Waals surface area contributed by atoms with Crippen molar-refractivity contribution in [1.82, 2.24) is 4.90 Å². The molecule has 2 N–H and O–H groups in total. The Hall–Kier alpha value is -2.20. The number of nitrogens with two attached hydrogens (primary N) is 1. The fourth-order valence-corrected chi connectivity index (χ4v) is 3.17. The normalized spacial score (nSPS) is 18.6. The third kappa shape index (κ3) is 3.02. The monoisotopic (exact) mass is 296 g/mol. The summed E-state index contributed by atoms with van der Waals surface area (Å²) in [6, 6.07) is 13.6. The molecule has 0 radical (unpaired) electrons. The third-order valence-corrected chi connectivity index (χ3v) is 4.39. The Morgan fingerprint density at radius 3 is 2.68 bits per heavy atom. The van der Waals surface area contributed by atoms with E-state index in [2.05, 4.69) is 0 Å². The number of fused-ring (bicyclic) bond motifs is 1. The molecule has 0 bridgehead atoms. The number of likely N-dealkylation sites (tertiary alicyclic amines) is 1. The van der Waals surface area contributed by atoms with E-state index in [0.29, 0.717) is 13.0 Å². The summed E-state index contributed by atoms with van der Waals surface area (Å²) in [5.41, 5.74) is 6.13. The lowest BCUT2D eigenvalue weighted by Gasteiger charge is -2.21. The number of amides is 1. The van der Waals surface area contributed by atoms with Gasteiger partial charge < -0.3 is 5.73 Å². The number of carbonyl (C=O) groups excluding carboxylic acids is 2. The largest absolute Gasteiger partial charge is 0.368 e. The fraction of sp³-hybridized carbons (Fsp3) is 0.333. The Bertz CT molecular complexity index is 711. The molecule has 0 saturated carbocycles. The van der Waals surface area contributed by atoms with E-state index in [1.807, 2.05) is 47.4 Å². The number of rotatable bonds is 5. The highest BCUT2D eigenvalue weighted by Gasteiger charge is 2.28. The number of Topliss-reactive ketones (excluding diaryl/α,β-unsaturated/α-hetero) is 1. The second-order valence-electron chi connectivity index (χ2n) is 5.83. The topological polar surface area (TPSA) is 63.4 Å². The number of benzene rings is 2. The first kappa shape index (κ1) is 14.7. The molecule has 0 spiro atoms. The molecule has 22 heavy (non-hydrogen) atoms. The Kier molecular flexibility index (Phi) is 4.20. The second-order valence-corrected chi connectivity index (χ2v) is 5.83. The minimum atomic E-state index is -0.282. The number of primary amides is 1. The van der Waals surface area contributed by atoms with Crippen molar-refractivity contribution in [3.05, 3.63) is 48.0 Å². The summed E-state index contributed by atoms with van der Waals surface area (Å²) in [4.78, 5) is 25.8. The van der Waals surface area contributed by atoms with E-state index in [1.165, 1.54) is 0 Å². The smallest absolute Gasteiger partial charge is 0.234 e. The summed E-state index contributed by atoms with van der Waals surface area (Å²) in [6.45, 7) is 1.44. The van der Waals surface area contributed by atoms with Crippen molar-refractivity contribution in [1.29, 1.82) is 0 Å². The molecule has 4 heteroatoms. The highest BCUT2D eigenvalue weighted by atomic mass is 16.1. The van der Waals surface area contributed by atoms with Gasteiger partial charge in [0.15, 0.2) is 5.78 Å². The maximum Gasteiger partial charge on any atom is 0.234 e. The maximum absolute atomic E-state index is 12.4. The first-order valence-corrected chi connectivity index (χ1v) is 7.70. The van der Waals surface area contributed by atoms with Crippen molar-refractivity contribution in [3.8, 4) is 0 Å². The molecule has 3 rings (SSSR count). The zero-order chi connectivity index (χ0) is 15.5. The van der Waals surface area contributed by atoms with Gasteiger partial charge in [-0.05, 0) is 36.2 Å². The molecule has 1 saturated heterocycles. The summed E-state index contributed by atoms with van der Waals surface area (Å²) in [7, 11) is 0. The standard InChI is InChI=1S/C18H20N2O2/c19-18(22)16-6-3-10-20(16)11-9-17(21)15-8-7-13-4-1-2-5-14(13)12-15/h1-2,4-5,7-8,12,16H,3,6,9-11H2,(H2,19,22)/t16-/m0/s1. The van der Waals surface area contributed by atoms with Crippen LogP contribution in [0.25, 0.3) is 10.8 Å². The van der Waals surface area contributed by atoms with Crippen LogP contribution in [0, 0.1) is 0 Å². The van der Waals surface area contributed by atoms with Crippen LogP contribution in [0.15, 0.2) is 42.5 Å². The van der Waals surface area contributed by atoms with Crippen LogP contribution in [0.4, 0.5) is 0 Å². The minimum absolute atomic E-state index is 0.112. The predicted octanol–water partition coefficient (Wildman–Crippen LogP) is 2.36. The van der Waals surface area contributed by atoms with E-state index in [9.17, 15) is 9.59 Å². The average Bonchev–Trinajstić information content (AvgIpc) is 3.01. The number of carbonyl (C=O) groups is 2. The average molecular weight is 296 g/mol. The van der Waals surface area contributed by atoms with Gasteiger partial charge in [-0.1, -0.05) is 36.4 Å². The van der Waals surface area contributed by atoms with E-state index >= 15 is 0 Å². The zero-order valence-electron chi connectivity index (χ0n) is 12.5. The summed E-state index contributed by atoms with van der Waals surface area (Å²) in [6.07, 6.45) is 2.19. The van der Waals surface area contributed by atoms with Crippen LogP contribution >= 0.6 is 0 Å². The van der Waals surface area contributed by atoms with Gasteiger partial charge in [0.05, 0.1) is 6.04 Å². The molecule has 1 fully saturated rings. The minimum Gasteiger partial charge on any atom is -0.368 e. The predicted molar refractivity (Wildman–Crippen MR) is 86.7 cm³/mol. The van der Waals surface area contributed by atoms with Crippen LogP contribution in [-0.2, 0) is 4.79 Å². The van der Waals surface area contributed by atoms with Crippen molar-refractivity contribution >= 4 is 22.5 Å². The van der Waals surface area contributed by atoms with E-state index in [4.69, 9.17) is 5.73 Å². The molecule has 114 valence electrons. The first-order valence-electron chi connectivity index (χ1n) is 7.70. The lowest BCUT2D eigenvalue weighted by molar-refractivity contribution is -0.122. The Morgan fingerprint density at radius 1 is 1.14 bits per heavy atom. The maximum atomic E-state index is 12.4. The van der Waals surface area contributed by atoms with Crippen LogP contribution in [0.3, 0.4) is 0 Å². The van der Waals surface area contributed by atoms with Gasteiger partial charge in [-0.2, -0.15) is 0 Å². The van der Waals surface area contributed by atoms with Gasteiger partial charge in [0, 0.05) is 18.5 Å². The molecule has 0 aliphatic carbocycles. The van der Waals surface area contributed by atoms with Crippen LogP contribution in [0.5, 0.6) is 0 Å². The first-order chi connectivity index (χ1) is 10.6. The van der Waals surface area contributed by atoms with E-state index in [0.717, 1.165) is 35.7 Å². The molecular weight excluding hydrogens is 276 g/mol. The molecule has 2 aromatic carbocycles. The van der Waals surface area contributed by atoms with Gasteiger partial charge in [-0.25, -0.2) is 0 Å². The van der Waals surface area contributed by atoms with Crippen LogP contribution in [-0.4, -0.2) is 35.7 Å². The quantitative estimate of drug-likeness (QED) is 0.862. The van der Waals surface area contributed by atoms with Crippen LogP contribution in [0.1, 0.15) is 29.6 Å². The molecule has 4 nitrogen and oxygen atoms in total. The van der Waals surface area contributed by atoms with E-state index in [-0.39, 0.29) is 17.7 Å². The van der Waals surface area contributed by atoms with Gasteiger partial charge in [-0.15, -0.1) is 0 Å². The molecule has 1 amide bonds. The molecule has 1 aliphatic rings. The van der Waals surface area contributed by atoms with Gasteiger partial charge >= 0.3 is 0 Å². The highest BCUT2D eigenvalue weighted by molar-refractivity contribution is 6.00. The zero-order valence-corrected chi connectivity index (χ0v) is 12.5. The van der Waals surface area contributed by atoms with E-state index < -0.39 is 0 Å². The number of nitrogens with zero attached hydrogens (tertiary/aromatic N) is 1. The van der Waals surface area contributed by atoms with Crippen molar-refractivity contribution in [2.45, 2.75) is 25.3 Å². The SMILES string of the molecule is NC(=O)[C@@H]1CCCN1CCC(=O)c1ccc2ccccc2c1. The van der Waals surface area contributed by atoms with Crippen LogP contribution < -0.4 is 5.73 Å². The second kappa shape index (κ2) is 6.28. The summed E-state index contributed by atoms with van der Waals surface area (Å²) < 4.78 is 0. The molecule has 0 aromatic heterocycles. The summed E-state index contributed by atoms with van der Waals surface area (Å²) in [5, 5.41) is 2.21. The lowest BCUT2D eigenvalue weighted by atomic mass is 10.0. The number of hydrogen-bond acceptors (Lipinski definition) is 3. The Labute approximate surface area is 129 Å². The Morgan fingerprint density at radius 2 is 1.91 bits per heavy atom. The molecule has 1 heterocycles. The van der Waals surface area contributed by atoms with Crippen molar-refractivity contribution in [3.63, 3.8) is 0 Å². The van der Waals surface area contributed by atoms with Gasteiger partial charge in [0.25, 0.3) is 0 Å². The molecule has 0 unspecified atom stereocenters. The van der Waals surface area contributed by atoms with Crippen molar-refractivity contribution < 1.29 is 9.59 Å². The fourth-order valence-electron chi connectivity index (χ4n) is 3.17. The van der Waals surface area contributed by atoms with E-state index in [1.54, 1.807) is 0 Å². The summed E-state index contributed by atoms with van der Waals surface area (Å²) >= 11 is 0. The molecular formula is C18H20N2O2. The summed E-state index contributed by atoms with van der Waals surface area (Å²) in [5.74, 6) is -0.170. The van der Waals surface area contributed by atoms with Gasteiger partial charge in [0.2, 0.25) is 5.91 Å². The van der Waals surface area contributed by atoms with Crippen molar-refractivity contribution in [2.75, 3.05) is 13.1 Å². The molecule has 1 aliphatic heterocycles. The molecule has 2 aromatic rings. The molecule has 1 atom stereocenters. The van der Waals surface area contributed by atoms with Gasteiger partial charge in [-0.3, -0.25) is 14.5 Å². The third-order valence-electron chi connectivity index (χ3n) is 4.39. The van der Waals surface area contributed by atoms with Crippen LogP contribution in [0.2, 0.25) is 0 Å². The number of hydrogen-bond donors (Lipinski definition) is 1. The van der Waals surface area contributed by atoms with Gasteiger partial charge in [0.1, 0.15) is 0 Å². The highest BCUT2D eigenvalue weighted by Crippen LogP contribution is 2.19. The number of ketones is 1. The lowest BCUT2D eigenvalue weighted by Crippen LogP contribution is -2.41.